The van der Waals surface area contributed by atoms with Crippen LogP contribution < -0.4 is 4.74 Å². The lowest BCUT2D eigenvalue weighted by Gasteiger charge is -2.09. The molecule has 0 fully saturated rings. The van der Waals surface area contributed by atoms with Gasteiger partial charge >= 0.3 is 5.97 Å². The largest absolute Gasteiger partial charge is 0.404 e. The minimum atomic E-state index is -1.34. The summed E-state index contributed by atoms with van der Waals surface area (Å²) in [5.74, 6) is -0.734. The van der Waals surface area contributed by atoms with Gasteiger partial charge < -0.3 is 9.84 Å². The molecule has 1 heterocycles. The highest BCUT2D eigenvalue weighted by Gasteiger charge is 2.19. The third-order valence-corrected chi connectivity index (χ3v) is 2.42. The zero-order chi connectivity index (χ0) is 13.0. The quantitative estimate of drug-likeness (QED) is 0.651. The van der Waals surface area contributed by atoms with Crippen LogP contribution in [-0.4, -0.2) is 21.3 Å². The molecule has 18 heavy (non-hydrogen) atoms. The maximum absolute atomic E-state index is 11.6. The predicted molar refractivity (Wildman–Crippen MR) is 66.5 cm³/mol. The van der Waals surface area contributed by atoms with Gasteiger partial charge in [0.15, 0.2) is 6.10 Å². The summed E-state index contributed by atoms with van der Waals surface area (Å²) in [5.41, 5.74) is 0.464. The first-order valence-electron chi connectivity index (χ1n) is 5.17. The van der Waals surface area contributed by atoms with E-state index < -0.39 is 12.1 Å². The molecule has 5 nitrogen and oxygen atoms in total. The summed E-state index contributed by atoms with van der Waals surface area (Å²) in [4.78, 5) is 11.6. The third-order valence-electron chi connectivity index (χ3n) is 2.20. The number of hydrogen-bond donors (Lipinski definition) is 2. The fourth-order valence-electron chi connectivity index (χ4n) is 1.32. The maximum atomic E-state index is 11.6. The summed E-state index contributed by atoms with van der Waals surface area (Å²) >= 11 is 4.81. The van der Waals surface area contributed by atoms with Crippen LogP contribution in [0.4, 0.5) is 0 Å². The van der Waals surface area contributed by atoms with Gasteiger partial charge in [-0.15, -0.1) is 5.10 Å². The SMILES string of the molecule is O=C(Oc1ccc(=S)[nH]n1)C(O)c1ccccc1. The number of benzene rings is 1. The maximum Gasteiger partial charge on any atom is 0.346 e. The van der Waals surface area contributed by atoms with Crippen molar-refractivity contribution in [2.75, 3.05) is 0 Å². The van der Waals surface area contributed by atoms with E-state index in [0.717, 1.165) is 0 Å². The standard InChI is InChI=1S/C12H10N2O3S/c15-11(8-4-2-1-3-5-8)12(16)17-9-6-7-10(18)14-13-9/h1-7,11,15H,(H,14,18). The number of esters is 1. The second-order valence-corrected chi connectivity index (χ2v) is 3.93. The normalized spacial score (nSPS) is 11.8. The molecule has 0 aliphatic carbocycles. The van der Waals surface area contributed by atoms with E-state index in [4.69, 9.17) is 17.0 Å². The molecule has 0 saturated carbocycles. The number of aromatic nitrogens is 2. The van der Waals surface area contributed by atoms with Crippen LogP contribution in [-0.2, 0) is 4.79 Å². The van der Waals surface area contributed by atoms with Crippen LogP contribution in [0.25, 0.3) is 0 Å². The molecule has 0 bridgehead atoms. The smallest absolute Gasteiger partial charge is 0.346 e. The fraction of sp³-hybridized carbons (Fsp3) is 0.0833. The van der Waals surface area contributed by atoms with Crippen molar-refractivity contribution < 1.29 is 14.6 Å². The average molecular weight is 262 g/mol. The first kappa shape index (κ1) is 12.4. The number of hydrogen-bond acceptors (Lipinski definition) is 5. The van der Waals surface area contributed by atoms with E-state index in [0.29, 0.717) is 10.2 Å². The van der Waals surface area contributed by atoms with Gasteiger partial charge in [0.1, 0.15) is 4.64 Å². The molecule has 0 aliphatic rings. The van der Waals surface area contributed by atoms with Gasteiger partial charge in [-0.3, -0.25) is 5.10 Å². The lowest BCUT2D eigenvalue weighted by atomic mass is 10.1. The summed E-state index contributed by atoms with van der Waals surface area (Å²) in [6.45, 7) is 0. The summed E-state index contributed by atoms with van der Waals surface area (Å²) in [7, 11) is 0. The van der Waals surface area contributed by atoms with Gasteiger partial charge in [-0.25, -0.2) is 4.79 Å². The van der Waals surface area contributed by atoms with Gasteiger partial charge in [-0.2, -0.15) is 0 Å². The van der Waals surface area contributed by atoms with E-state index in [1.54, 1.807) is 36.4 Å². The number of carbonyl (C=O) groups excluding carboxylic acids is 1. The average Bonchev–Trinajstić information content (AvgIpc) is 2.41. The van der Waals surface area contributed by atoms with Gasteiger partial charge in [0.2, 0.25) is 5.88 Å². The van der Waals surface area contributed by atoms with Crippen molar-refractivity contribution in [1.82, 2.24) is 10.2 Å². The molecule has 0 radical (unpaired) electrons. The number of carbonyl (C=O) groups is 1. The van der Waals surface area contributed by atoms with Gasteiger partial charge in [0.25, 0.3) is 0 Å². The van der Waals surface area contributed by atoms with E-state index in [1.165, 1.54) is 6.07 Å². The van der Waals surface area contributed by atoms with Crippen molar-refractivity contribution in [3.05, 3.63) is 52.7 Å². The molecular weight excluding hydrogens is 252 g/mol. The molecule has 92 valence electrons. The molecule has 0 saturated heterocycles. The third kappa shape index (κ3) is 2.99. The van der Waals surface area contributed by atoms with Crippen LogP contribution in [0.15, 0.2) is 42.5 Å². The molecule has 2 aromatic rings. The Labute approximate surface area is 108 Å². The molecule has 0 amide bonds. The second kappa shape index (κ2) is 5.52. The van der Waals surface area contributed by atoms with Crippen LogP contribution in [0, 0.1) is 4.64 Å². The fourth-order valence-corrected chi connectivity index (χ4v) is 1.43. The van der Waals surface area contributed by atoms with Crippen molar-refractivity contribution >= 4 is 18.2 Å². The summed E-state index contributed by atoms with van der Waals surface area (Å²) < 4.78 is 5.34. The lowest BCUT2D eigenvalue weighted by molar-refractivity contribution is -0.144. The molecule has 0 aliphatic heterocycles. The van der Waals surface area contributed by atoms with Crippen molar-refractivity contribution in [3.8, 4) is 5.88 Å². The van der Waals surface area contributed by atoms with E-state index in [2.05, 4.69) is 10.2 Å². The first-order chi connectivity index (χ1) is 8.66. The Kier molecular flexibility index (Phi) is 3.81. The van der Waals surface area contributed by atoms with E-state index in [-0.39, 0.29) is 5.88 Å². The summed E-state index contributed by atoms with van der Waals surface area (Å²) in [6, 6.07) is 11.5. The number of nitrogens with zero attached hydrogens (tertiary/aromatic N) is 1. The summed E-state index contributed by atoms with van der Waals surface area (Å²) in [5, 5.41) is 16.0. The van der Waals surface area contributed by atoms with Crippen LogP contribution in [0.2, 0.25) is 0 Å². The minimum Gasteiger partial charge on any atom is -0.404 e. The molecule has 1 aromatic carbocycles. The first-order valence-corrected chi connectivity index (χ1v) is 5.58. The number of aliphatic hydroxyl groups is 1. The van der Waals surface area contributed by atoms with Crippen LogP contribution in [0.3, 0.4) is 0 Å². The monoisotopic (exact) mass is 262 g/mol. The molecule has 1 atom stereocenters. The van der Waals surface area contributed by atoms with Crippen LogP contribution >= 0.6 is 12.2 Å². The predicted octanol–water partition coefficient (Wildman–Crippen LogP) is 1.78. The van der Waals surface area contributed by atoms with Gasteiger partial charge in [-0.1, -0.05) is 42.5 Å². The molecule has 2 N–H and O–H groups in total. The molecule has 2 rings (SSSR count). The Morgan fingerprint density at radius 1 is 1.28 bits per heavy atom. The molecule has 6 heteroatoms. The van der Waals surface area contributed by atoms with Gasteiger partial charge in [0, 0.05) is 6.07 Å². The summed E-state index contributed by atoms with van der Waals surface area (Å²) in [6.07, 6.45) is -1.34. The number of nitrogens with one attached hydrogen (secondary N) is 1. The van der Waals surface area contributed by atoms with Gasteiger partial charge in [0.05, 0.1) is 0 Å². The molecule has 1 aromatic heterocycles. The van der Waals surface area contributed by atoms with Gasteiger partial charge in [-0.05, 0) is 11.6 Å². The van der Waals surface area contributed by atoms with E-state index in [9.17, 15) is 9.90 Å². The Hall–Kier alpha value is -2.05. The molecule has 1 unspecified atom stereocenters. The Balaban J connectivity index is 2.08. The number of aromatic amines is 1. The lowest BCUT2D eigenvalue weighted by Crippen LogP contribution is -2.19. The van der Waals surface area contributed by atoms with Crippen LogP contribution in [0.5, 0.6) is 5.88 Å². The van der Waals surface area contributed by atoms with E-state index in [1.807, 2.05) is 0 Å². The second-order valence-electron chi connectivity index (χ2n) is 3.49. The highest BCUT2D eigenvalue weighted by Crippen LogP contribution is 2.15. The van der Waals surface area contributed by atoms with Crippen molar-refractivity contribution in [1.29, 1.82) is 0 Å². The van der Waals surface area contributed by atoms with E-state index >= 15 is 0 Å². The number of rotatable bonds is 3. The topological polar surface area (TPSA) is 75.2 Å². The highest BCUT2D eigenvalue weighted by atomic mass is 32.1. The number of H-pyrrole nitrogens is 1. The molecular formula is C12H10N2O3S. The zero-order valence-corrected chi connectivity index (χ0v) is 10.1. The van der Waals surface area contributed by atoms with Crippen molar-refractivity contribution in [3.63, 3.8) is 0 Å². The number of ether oxygens (including phenoxy) is 1. The van der Waals surface area contributed by atoms with Crippen molar-refractivity contribution in [2.24, 2.45) is 0 Å². The van der Waals surface area contributed by atoms with Crippen molar-refractivity contribution in [2.45, 2.75) is 6.10 Å². The Morgan fingerprint density at radius 3 is 2.61 bits per heavy atom. The molecule has 0 spiro atoms. The minimum absolute atomic E-state index is 0.0589. The number of aliphatic hydroxyl groups excluding tert-OH is 1. The Bertz CT molecular complexity index is 577. The Morgan fingerprint density at radius 2 is 2.00 bits per heavy atom. The zero-order valence-electron chi connectivity index (χ0n) is 9.24. The highest BCUT2D eigenvalue weighted by molar-refractivity contribution is 7.71. The van der Waals surface area contributed by atoms with Crippen LogP contribution in [0.1, 0.15) is 11.7 Å².